The van der Waals surface area contributed by atoms with Gasteiger partial charge in [-0.05, 0) is 38.8 Å². The number of aromatic amines is 1. The molecular weight excluding hydrogens is 1480 g/mol. The number of aliphatic hydroxyl groups excluding tert-OH is 2. The zero-order valence-electron chi connectivity index (χ0n) is 56.1. The lowest BCUT2D eigenvalue weighted by molar-refractivity contribution is -0.196. The number of ether oxygens (including phenoxy) is 8. The number of nitrogens with one attached hydrogen (secondary N) is 1. The lowest BCUT2D eigenvalue weighted by atomic mass is 10.1. The number of benzene rings is 2. The third kappa shape index (κ3) is 22.1. The number of H-pyrrole nitrogens is 1. The predicted octanol–water partition coefficient (Wildman–Crippen LogP) is 5.07. The Kier molecular flexibility index (Phi) is 31.1. The number of nitrogens with two attached hydrogens (primary N) is 3. The number of rotatable bonds is 31. The molecule has 0 aliphatic carbocycles. The minimum absolute atomic E-state index is 0.0317. The number of alkyl halides is 6. The number of aliphatic hydroxyl groups is 2. The van der Waals surface area contributed by atoms with E-state index in [-0.39, 0.29) is 51.2 Å². The maximum atomic E-state index is 15.5. The first-order valence-electron chi connectivity index (χ1n) is 30.8. The monoisotopic (exact) mass is 1560 g/mol. The van der Waals surface area contributed by atoms with Gasteiger partial charge in [-0.15, -0.1) is 0 Å². The van der Waals surface area contributed by atoms with Crippen LogP contribution in [0.1, 0.15) is 123 Å². The van der Waals surface area contributed by atoms with E-state index in [1.807, 2.05) is 0 Å². The summed E-state index contributed by atoms with van der Waals surface area (Å²) in [7, 11) is -15.6. The molecule has 12 atom stereocenters. The lowest BCUT2D eigenvalue weighted by Gasteiger charge is -2.29. The van der Waals surface area contributed by atoms with Crippen LogP contribution in [0.5, 0.6) is 17.6 Å². The van der Waals surface area contributed by atoms with Gasteiger partial charge in [0.15, 0.2) is 41.7 Å². The lowest BCUT2D eigenvalue weighted by Crippen LogP contribution is -2.41. The van der Waals surface area contributed by atoms with Crippen molar-refractivity contribution >= 4 is 58.4 Å². The van der Waals surface area contributed by atoms with Gasteiger partial charge in [0.1, 0.15) is 37.1 Å². The Morgan fingerprint density at radius 2 is 0.913 bits per heavy atom. The van der Waals surface area contributed by atoms with Gasteiger partial charge in [0.25, 0.3) is 17.7 Å². The molecule has 3 aromatic heterocycles. The summed E-state index contributed by atoms with van der Waals surface area (Å²) in [4.78, 5) is 98.1. The number of imidazole rings is 3. The number of halogens is 6. The Morgan fingerprint density at radius 1 is 0.529 bits per heavy atom. The maximum Gasteiger partial charge on any atom is 0.399 e. The van der Waals surface area contributed by atoms with Crippen LogP contribution in [0.4, 0.5) is 26.3 Å². The van der Waals surface area contributed by atoms with E-state index < -0.39 is 191 Å². The summed E-state index contributed by atoms with van der Waals surface area (Å²) >= 11 is 0. The number of aromatic nitrogens is 6. The summed E-state index contributed by atoms with van der Waals surface area (Å²) in [6.07, 6.45) is -19.5. The van der Waals surface area contributed by atoms with Gasteiger partial charge < -0.3 is 113 Å². The van der Waals surface area contributed by atoms with E-state index in [4.69, 9.17) is 88.1 Å². The quantitative estimate of drug-likeness (QED) is 0.0119. The number of aromatic hydroxyl groups is 3. The van der Waals surface area contributed by atoms with Crippen LogP contribution in [0.25, 0.3) is 0 Å². The number of carbonyl (C=O) groups is 6. The molecule has 37 nitrogen and oxygen atoms in total. The van der Waals surface area contributed by atoms with Crippen LogP contribution >= 0.6 is 22.8 Å². The van der Waals surface area contributed by atoms with Crippen molar-refractivity contribution in [3.8, 4) is 17.6 Å². The van der Waals surface area contributed by atoms with E-state index in [0.717, 1.165) is 43.6 Å². The zero-order valence-corrected chi connectivity index (χ0v) is 58.8. The second kappa shape index (κ2) is 37.3. The summed E-state index contributed by atoms with van der Waals surface area (Å²) < 4.78 is 189. The molecule has 0 bridgehead atoms. The van der Waals surface area contributed by atoms with Crippen LogP contribution < -0.4 is 17.2 Å². The summed E-state index contributed by atoms with van der Waals surface area (Å²) in [5.74, 6) is -7.14. The Hall–Kier alpha value is -7.96. The van der Waals surface area contributed by atoms with Crippen molar-refractivity contribution < 1.29 is 160 Å². The van der Waals surface area contributed by atoms with Crippen molar-refractivity contribution in [1.29, 1.82) is 0 Å². The average molecular weight is 1560 g/mol. The van der Waals surface area contributed by atoms with Gasteiger partial charge in [0.2, 0.25) is 23.9 Å². The molecule has 0 spiro atoms. The van der Waals surface area contributed by atoms with Crippen LogP contribution in [0, 0.1) is 0 Å². The normalized spacial score (nSPS) is 22.7. The van der Waals surface area contributed by atoms with Gasteiger partial charge in [-0.25, -0.2) is 15.0 Å². The van der Waals surface area contributed by atoms with Crippen molar-refractivity contribution in [1.82, 2.24) is 29.1 Å². The molecule has 2 aromatic carbocycles. The third-order valence-corrected chi connectivity index (χ3v) is 19.9. The molecule has 8 rings (SSSR count). The zero-order chi connectivity index (χ0) is 78.0. The number of hydrogen-bond donors (Lipinski definition) is 11. The average Bonchev–Trinajstić information content (AvgIpc) is 1.51. The second-order valence-electron chi connectivity index (χ2n) is 22.1. The number of primary amides is 3. The van der Waals surface area contributed by atoms with Crippen LogP contribution in [0.2, 0.25) is 0 Å². The molecule has 3 unspecified atom stereocenters. The fourth-order valence-electron chi connectivity index (χ4n) is 10.0. The van der Waals surface area contributed by atoms with Crippen LogP contribution in [-0.2, 0) is 97.3 Å². The van der Waals surface area contributed by atoms with Gasteiger partial charge in [0.05, 0.1) is 83.5 Å². The molecule has 14 N–H and O–H groups in total. The molecule has 0 saturated carbocycles. The first-order chi connectivity index (χ1) is 48.5. The van der Waals surface area contributed by atoms with Gasteiger partial charge in [-0.2, -0.15) is 26.3 Å². The molecule has 6 heterocycles. The second-order valence-corrected chi connectivity index (χ2v) is 28.2. The fourth-order valence-corrected chi connectivity index (χ4v) is 13.5. The van der Waals surface area contributed by atoms with E-state index in [1.165, 1.54) is 34.0 Å². The molecule has 5 aromatic rings. The Morgan fingerprint density at radius 3 is 1.27 bits per heavy atom. The van der Waals surface area contributed by atoms with E-state index in [0.29, 0.717) is 10.1 Å². The van der Waals surface area contributed by atoms with Crippen LogP contribution in [-0.4, -0.2) is 205 Å². The molecule has 3 fully saturated rings. The highest BCUT2D eigenvalue weighted by Gasteiger charge is 2.62. The summed E-state index contributed by atoms with van der Waals surface area (Å²) in [5, 5.41) is 48.6. The molecular formula is C58H78F6N9O28P3. The number of amides is 3. The highest BCUT2D eigenvalue weighted by molar-refractivity contribution is 7.55. The van der Waals surface area contributed by atoms with Crippen molar-refractivity contribution in [3.05, 3.63) is 108 Å². The van der Waals surface area contributed by atoms with E-state index in [2.05, 4.69) is 19.9 Å². The first-order valence-corrected chi connectivity index (χ1v) is 35.5. The Labute approximate surface area is 586 Å². The molecule has 3 aliphatic rings. The highest BCUT2D eigenvalue weighted by Crippen LogP contribution is 2.66. The molecule has 3 saturated heterocycles. The maximum absolute atomic E-state index is 15.5. The Bertz CT molecular complexity index is 3820. The first kappa shape index (κ1) is 86.7. The SMILES string of the molecule is CCOP(=O)(OCC)C(F)(F)C[C@H]1O[C@@H](OC(C)=O)C(OC(C)=O)[C@H]1OCc1ccccc1.CCOP(=O)(OCC)C(F)(F)C[C@H]1O[C@@H](n2cnc(C(N)=O)c2O)C(OC(C)=O)[C@H]1OCc1ccccc1.NC(=O)c1[nH]cnc1O.NC(=O)c1ncn([C@@H]2O[C@H](CC(F)(F)P(=O)(O)O)[C@H](O)C2O)c1O. The molecule has 104 heavy (non-hydrogen) atoms. The molecule has 0 radical (unpaired) electrons. The topological polar surface area (TPSA) is 548 Å². The van der Waals surface area contributed by atoms with E-state index in [1.54, 1.807) is 60.7 Å². The molecule has 580 valence electrons. The highest BCUT2D eigenvalue weighted by atomic mass is 31.2. The third-order valence-electron chi connectivity index (χ3n) is 14.5. The van der Waals surface area contributed by atoms with Crippen molar-refractivity contribution in [2.75, 3.05) is 26.4 Å². The molecule has 3 amide bonds. The van der Waals surface area contributed by atoms with Crippen molar-refractivity contribution in [2.24, 2.45) is 17.2 Å². The van der Waals surface area contributed by atoms with E-state index >= 15 is 17.6 Å². The molecule has 3 aliphatic heterocycles. The number of nitrogens with zero attached hydrogens (tertiary/aromatic N) is 5. The van der Waals surface area contributed by atoms with Gasteiger partial charge in [-0.3, -0.25) is 51.6 Å². The number of esters is 3. The van der Waals surface area contributed by atoms with Crippen molar-refractivity contribution in [3.63, 3.8) is 0 Å². The number of hydrogen-bond acceptors (Lipinski definition) is 29. The van der Waals surface area contributed by atoms with Crippen LogP contribution in [0.15, 0.2) is 79.6 Å². The van der Waals surface area contributed by atoms with E-state index in [9.17, 15) is 71.7 Å². The standard InChI is InChI=1S/C23H30F2N3O9P.C21H29F2O9P.C10H14F2N3O8P.C4H5N3O2/c1-4-34-38(32,35-5-2)23(24,25)11-16-18(33-12-15-9-7-6-8-10-15)19(36-14(3)29)22(37-16)28-13-27-17(20(26)30)21(28)31;1-5-28-33(26,29-6-2)21(22,23)12-17-18(27-13-16-10-8-7-9-11-16)19(30-14(3)24)20(32-17)31-15(4)25;11-10(12,24(20,21)22)1-3-5(16)6(17)9(23-3)15-2-14-4(7(13)18)8(15)19;5-3(8)2-4(9)7-1-6-2/h6-10,13,16,18-19,22,31H,4-5,11-12H2,1-3H3,(H2,26,30);7-11,17-20H,5-6,12-13H2,1-4H3;2-3,5-6,9,16-17,19H,1H2,(H2,13,18)(H2,20,21,22);1,9H,(H2,5,8)(H,6,7)/t16-,18+,19?,22-;17-,18+,19?,20-;3-,5+,6?,9-;/m111./s1. The van der Waals surface area contributed by atoms with Gasteiger partial charge >= 0.3 is 57.7 Å². The van der Waals surface area contributed by atoms with Crippen molar-refractivity contribution in [2.45, 2.75) is 172 Å². The largest absolute Gasteiger partial charge is 0.493 e. The van der Waals surface area contributed by atoms with Gasteiger partial charge in [0, 0.05) is 20.8 Å². The minimum atomic E-state index is -5.81. The summed E-state index contributed by atoms with van der Waals surface area (Å²) in [5.41, 5.74) is 2.68. The minimum Gasteiger partial charge on any atom is -0.493 e. The smallest absolute Gasteiger partial charge is 0.399 e. The predicted molar refractivity (Wildman–Crippen MR) is 337 cm³/mol. The Balaban J connectivity index is 0.000000269. The molecule has 46 heteroatoms. The van der Waals surface area contributed by atoms with Gasteiger partial charge in [-0.1, -0.05) is 60.7 Å². The fraction of sp³-hybridized carbons (Fsp3) is 0.534. The summed E-state index contributed by atoms with van der Waals surface area (Å²) in [6.45, 7) is 7.65. The number of carbonyl (C=O) groups excluding carboxylic acids is 6. The summed E-state index contributed by atoms with van der Waals surface area (Å²) in [6, 6.07) is 17.6. The van der Waals surface area contributed by atoms with Crippen LogP contribution in [0.3, 0.4) is 0 Å².